The molecule has 108 valence electrons. The molecule has 0 amide bonds. The predicted molar refractivity (Wildman–Crippen MR) is 79.5 cm³/mol. The summed E-state index contributed by atoms with van der Waals surface area (Å²) in [5.41, 5.74) is 3.65. The fraction of sp³-hybridized carbons (Fsp3) is 0.600. The maximum atomic E-state index is 13.0. The molecule has 1 aromatic carbocycles. The fourth-order valence-electron chi connectivity index (χ4n) is 2.24. The molecule has 1 unspecified atom stereocenters. The van der Waals surface area contributed by atoms with Crippen molar-refractivity contribution in [2.45, 2.75) is 57.9 Å². The third-order valence-corrected chi connectivity index (χ3v) is 3.71. The summed E-state index contributed by atoms with van der Waals surface area (Å²) >= 11 is 6.05. The molecule has 2 nitrogen and oxygen atoms in total. The molecule has 0 aliphatic carbocycles. The molecule has 0 saturated heterocycles. The molecule has 0 bridgehead atoms. The lowest BCUT2D eigenvalue weighted by Gasteiger charge is -2.17. The standard InChI is InChI=1S/C15H24ClFN2/c1-2-3-4-5-6-7-8-15(19-18)13-10-9-12(17)11-14(13)16/h9-11,15,19H,2-8,18H2,1H3. The van der Waals surface area contributed by atoms with Crippen LogP contribution in [0.5, 0.6) is 0 Å². The van der Waals surface area contributed by atoms with Gasteiger partial charge < -0.3 is 0 Å². The van der Waals surface area contributed by atoms with E-state index in [1.54, 1.807) is 6.07 Å². The quantitative estimate of drug-likeness (QED) is 0.391. The highest BCUT2D eigenvalue weighted by atomic mass is 35.5. The van der Waals surface area contributed by atoms with Gasteiger partial charge in [0.25, 0.3) is 0 Å². The van der Waals surface area contributed by atoms with Gasteiger partial charge in [0.2, 0.25) is 0 Å². The first-order valence-electron chi connectivity index (χ1n) is 7.10. The van der Waals surface area contributed by atoms with Crippen molar-refractivity contribution in [2.24, 2.45) is 5.84 Å². The van der Waals surface area contributed by atoms with Gasteiger partial charge in [0.15, 0.2) is 0 Å². The third-order valence-electron chi connectivity index (χ3n) is 3.39. The molecule has 1 atom stereocenters. The van der Waals surface area contributed by atoms with Crippen LogP contribution in [-0.4, -0.2) is 0 Å². The summed E-state index contributed by atoms with van der Waals surface area (Å²) in [4.78, 5) is 0. The Balaban J connectivity index is 2.40. The first kappa shape index (κ1) is 16.4. The number of halogens is 2. The summed E-state index contributed by atoms with van der Waals surface area (Å²) in [5.74, 6) is 5.26. The Hall–Kier alpha value is -0.640. The molecule has 0 saturated carbocycles. The van der Waals surface area contributed by atoms with Gasteiger partial charge in [-0.25, -0.2) is 4.39 Å². The molecular formula is C15H24ClFN2. The molecule has 4 heteroatoms. The number of rotatable bonds is 9. The summed E-state index contributed by atoms with van der Waals surface area (Å²) in [6.07, 6.45) is 8.37. The van der Waals surface area contributed by atoms with Crippen LogP contribution in [0, 0.1) is 5.82 Å². The summed E-state index contributed by atoms with van der Waals surface area (Å²) in [7, 11) is 0. The molecule has 0 heterocycles. The second-order valence-corrected chi connectivity index (χ2v) is 5.35. The molecule has 0 aliphatic rings. The van der Waals surface area contributed by atoms with Gasteiger partial charge >= 0.3 is 0 Å². The van der Waals surface area contributed by atoms with Crippen LogP contribution in [0.3, 0.4) is 0 Å². The van der Waals surface area contributed by atoms with Crippen LogP contribution in [0.1, 0.15) is 63.5 Å². The van der Waals surface area contributed by atoms with Crippen LogP contribution in [0.25, 0.3) is 0 Å². The van der Waals surface area contributed by atoms with Gasteiger partial charge in [0, 0.05) is 11.1 Å². The zero-order valence-electron chi connectivity index (χ0n) is 11.6. The van der Waals surface area contributed by atoms with Crippen molar-refractivity contribution in [3.63, 3.8) is 0 Å². The van der Waals surface area contributed by atoms with Gasteiger partial charge in [0.1, 0.15) is 5.82 Å². The van der Waals surface area contributed by atoms with Gasteiger partial charge in [-0.3, -0.25) is 11.3 Å². The van der Waals surface area contributed by atoms with Crippen LogP contribution in [0.4, 0.5) is 4.39 Å². The number of hydrogen-bond acceptors (Lipinski definition) is 2. The second kappa shape index (κ2) is 9.29. The molecule has 0 aromatic heterocycles. The number of unbranched alkanes of at least 4 members (excludes halogenated alkanes) is 5. The maximum Gasteiger partial charge on any atom is 0.124 e. The average molecular weight is 287 g/mol. The van der Waals surface area contributed by atoms with Crippen molar-refractivity contribution in [3.8, 4) is 0 Å². The Bertz CT molecular complexity index is 371. The SMILES string of the molecule is CCCCCCCCC(NN)c1ccc(F)cc1Cl. The Kier molecular flexibility index (Phi) is 8.03. The molecule has 0 fully saturated rings. The Morgan fingerprint density at radius 3 is 2.53 bits per heavy atom. The molecule has 0 spiro atoms. The van der Waals surface area contributed by atoms with E-state index >= 15 is 0 Å². The van der Waals surface area contributed by atoms with Crippen LogP contribution in [-0.2, 0) is 0 Å². The van der Waals surface area contributed by atoms with Crippen molar-refractivity contribution in [1.29, 1.82) is 0 Å². The maximum absolute atomic E-state index is 13.0. The molecule has 1 aromatic rings. The van der Waals surface area contributed by atoms with Gasteiger partial charge in [-0.05, 0) is 24.1 Å². The highest BCUT2D eigenvalue weighted by Crippen LogP contribution is 2.27. The molecule has 3 N–H and O–H groups in total. The molecule has 0 radical (unpaired) electrons. The summed E-state index contributed by atoms with van der Waals surface area (Å²) in [5, 5.41) is 0.439. The minimum atomic E-state index is -0.316. The minimum Gasteiger partial charge on any atom is -0.271 e. The van der Waals surface area contributed by atoms with E-state index in [-0.39, 0.29) is 11.9 Å². The number of hydrogen-bond donors (Lipinski definition) is 2. The van der Waals surface area contributed by atoms with Gasteiger partial charge in [-0.15, -0.1) is 0 Å². The first-order valence-corrected chi connectivity index (χ1v) is 7.48. The lowest BCUT2D eigenvalue weighted by Crippen LogP contribution is -2.28. The smallest absolute Gasteiger partial charge is 0.124 e. The monoisotopic (exact) mass is 286 g/mol. The largest absolute Gasteiger partial charge is 0.271 e. The van der Waals surface area contributed by atoms with E-state index in [0.717, 1.165) is 18.4 Å². The predicted octanol–water partition coefficient (Wildman–Crippen LogP) is 4.73. The normalized spacial score (nSPS) is 12.6. The lowest BCUT2D eigenvalue weighted by molar-refractivity contribution is 0.476. The number of nitrogens with two attached hydrogens (primary N) is 1. The van der Waals surface area contributed by atoms with Crippen LogP contribution < -0.4 is 11.3 Å². The number of hydrazine groups is 1. The molecular weight excluding hydrogens is 263 g/mol. The zero-order chi connectivity index (χ0) is 14.1. The Morgan fingerprint density at radius 2 is 1.89 bits per heavy atom. The van der Waals surface area contributed by atoms with Crippen LogP contribution >= 0.6 is 11.6 Å². The molecule has 19 heavy (non-hydrogen) atoms. The van der Waals surface area contributed by atoms with E-state index in [9.17, 15) is 4.39 Å². The number of nitrogens with one attached hydrogen (secondary N) is 1. The van der Waals surface area contributed by atoms with E-state index < -0.39 is 0 Å². The fourth-order valence-corrected chi connectivity index (χ4v) is 2.54. The lowest BCUT2D eigenvalue weighted by atomic mass is 10.00. The first-order chi connectivity index (χ1) is 9.19. The van der Waals surface area contributed by atoms with E-state index in [1.165, 1.54) is 44.2 Å². The van der Waals surface area contributed by atoms with E-state index in [4.69, 9.17) is 17.4 Å². The van der Waals surface area contributed by atoms with Crippen molar-refractivity contribution in [2.75, 3.05) is 0 Å². The van der Waals surface area contributed by atoms with Crippen molar-refractivity contribution in [3.05, 3.63) is 34.6 Å². The van der Waals surface area contributed by atoms with Crippen molar-refractivity contribution < 1.29 is 4.39 Å². The van der Waals surface area contributed by atoms with E-state index in [2.05, 4.69) is 12.3 Å². The van der Waals surface area contributed by atoms with Crippen LogP contribution in [0.2, 0.25) is 5.02 Å². The van der Waals surface area contributed by atoms with Gasteiger partial charge in [-0.2, -0.15) is 0 Å². The Morgan fingerprint density at radius 1 is 1.21 bits per heavy atom. The van der Waals surface area contributed by atoms with E-state index in [1.807, 2.05) is 0 Å². The summed E-state index contributed by atoms with van der Waals surface area (Å²) in [6.45, 7) is 2.21. The Labute approximate surface area is 120 Å². The topological polar surface area (TPSA) is 38.0 Å². The van der Waals surface area contributed by atoms with Crippen molar-refractivity contribution >= 4 is 11.6 Å². The highest BCUT2D eigenvalue weighted by Gasteiger charge is 2.13. The summed E-state index contributed by atoms with van der Waals surface area (Å²) in [6, 6.07) is 4.47. The summed E-state index contributed by atoms with van der Waals surface area (Å²) < 4.78 is 13.0. The zero-order valence-corrected chi connectivity index (χ0v) is 12.3. The number of benzene rings is 1. The van der Waals surface area contributed by atoms with Gasteiger partial charge in [-0.1, -0.05) is 63.1 Å². The third kappa shape index (κ3) is 5.89. The minimum absolute atomic E-state index is 0.000671. The highest BCUT2D eigenvalue weighted by molar-refractivity contribution is 6.31. The van der Waals surface area contributed by atoms with Crippen LogP contribution in [0.15, 0.2) is 18.2 Å². The van der Waals surface area contributed by atoms with Gasteiger partial charge in [0.05, 0.1) is 0 Å². The van der Waals surface area contributed by atoms with Crippen molar-refractivity contribution in [1.82, 2.24) is 5.43 Å². The average Bonchev–Trinajstić information content (AvgIpc) is 2.39. The van der Waals surface area contributed by atoms with E-state index in [0.29, 0.717) is 5.02 Å². The second-order valence-electron chi connectivity index (χ2n) is 4.94. The molecule has 1 rings (SSSR count). The molecule has 0 aliphatic heterocycles.